The molecule has 2 heterocycles. The molecule has 0 aliphatic carbocycles. The number of nitrogens with one attached hydrogen (secondary N) is 1. The van der Waals surface area contributed by atoms with Crippen molar-refractivity contribution in [3.05, 3.63) is 43.0 Å². The number of benzene rings is 1. The molecule has 0 spiro atoms. The molecule has 0 saturated heterocycles. The van der Waals surface area contributed by atoms with Crippen molar-refractivity contribution in [1.82, 2.24) is 19.5 Å². The molecule has 3 rings (SSSR count). The van der Waals surface area contributed by atoms with Crippen molar-refractivity contribution >= 4 is 34.2 Å². The van der Waals surface area contributed by atoms with Gasteiger partial charge in [0.05, 0.1) is 27.7 Å². The number of nitrogens with zero attached hydrogens (tertiary/aromatic N) is 3. The molecule has 2 aliphatic rings. The Morgan fingerprint density at radius 2 is 1.90 bits per heavy atom. The molecule has 0 atom stereocenters. The number of rotatable bonds is 2. The second-order valence-corrected chi connectivity index (χ2v) is 5.10. The molecule has 0 fully saturated rings. The van der Waals surface area contributed by atoms with Crippen LogP contribution in [0, 0.1) is 0 Å². The number of aliphatic hydroxyl groups is 1. The summed E-state index contributed by atoms with van der Waals surface area (Å²) >= 11 is 11.9. The molecule has 0 radical (unpaired) electrons. The zero-order valence-electron chi connectivity index (χ0n) is 10.4. The van der Waals surface area contributed by atoms with Crippen LogP contribution in [0.5, 0.6) is 0 Å². The zero-order valence-corrected chi connectivity index (χ0v) is 11.9. The summed E-state index contributed by atoms with van der Waals surface area (Å²) in [6.07, 6.45) is 0. The maximum absolute atomic E-state index is 11.9. The van der Waals surface area contributed by atoms with E-state index in [1.807, 2.05) is 0 Å². The van der Waals surface area contributed by atoms with E-state index in [-0.39, 0.29) is 29.7 Å². The molecular formula is C12H8Cl2N4O3. The minimum absolute atomic E-state index is 0.00561. The Kier molecular flexibility index (Phi) is 3.40. The molecule has 9 heteroatoms. The van der Waals surface area contributed by atoms with Crippen molar-refractivity contribution in [1.29, 1.82) is 0 Å². The van der Waals surface area contributed by atoms with Gasteiger partial charge in [0.1, 0.15) is 0 Å². The summed E-state index contributed by atoms with van der Waals surface area (Å²) in [6, 6.07) is 3.06. The summed E-state index contributed by atoms with van der Waals surface area (Å²) in [6.45, 7) is -0.0782. The van der Waals surface area contributed by atoms with Gasteiger partial charge in [-0.05, 0) is 12.1 Å². The molecule has 0 amide bonds. The van der Waals surface area contributed by atoms with Gasteiger partial charge < -0.3 is 9.67 Å². The molecule has 21 heavy (non-hydrogen) atoms. The Labute approximate surface area is 127 Å². The van der Waals surface area contributed by atoms with Crippen LogP contribution in [0.1, 0.15) is 0 Å². The van der Waals surface area contributed by atoms with Gasteiger partial charge in [-0.3, -0.25) is 9.78 Å². The Morgan fingerprint density at radius 3 is 2.62 bits per heavy atom. The third-order valence-electron chi connectivity index (χ3n) is 2.97. The first-order valence-electron chi connectivity index (χ1n) is 5.92. The molecule has 7 nitrogen and oxygen atoms in total. The van der Waals surface area contributed by atoms with Crippen LogP contribution in [-0.4, -0.2) is 31.2 Å². The van der Waals surface area contributed by atoms with Gasteiger partial charge in [0.2, 0.25) is 0 Å². The largest absolute Gasteiger partial charge is 0.395 e. The number of aliphatic hydroxyl groups excluding tert-OH is 1. The minimum Gasteiger partial charge on any atom is -0.395 e. The van der Waals surface area contributed by atoms with E-state index >= 15 is 0 Å². The third kappa shape index (κ3) is 2.29. The predicted octanol–water partition coefficient (Wildman–Crippen LogP) is 0.884. The van der Waals surface area contributed by atoms with Gasteiger partial charge in [-0.2, -0.15) is 4.98 Å². The van der Waals surface area contributed by atoms with Crippen LogP contribution in [0.2, 0.25) is 10.0 Å². The third-order valence-corrected chi connectivity index (χ3v) is 3.70. The van der Waals surface area contributed by atoms with Gasteiger partial charge in [0.15, 0.2) is 11.5 Å². The lowest BCUT2D eigenvalue weighted by Crippen LogP contribution is -2.29. The SMILES string of the molecule is O=c1nc2n(CCO)c3cc(Cl)c(Cl)cc3nc-2c(=O)[nH]1. The highest BCUT2D eigenvalue weighted by Gasteiger charge is 2.19. The number of aromatic nitrogens is 4. The van der Waals surface area contributed by atoms with E-state index in [1.165, 1.54) is 10.6 Å². The van der Waals surface area contributed by atoms with E-state index in [1.54, 1.807) is 6.07 Å². The quantitative estimate of drug-likeness (QED) is 0.681. The second kappa shape index (κ2) is 5.10. The van der Waals surface area contributed by atoms with Gasteiger partial charge in [0.25, 0.3) is 5.56 Å². The number of halogens is 2. The maximum Gasteiger partial charge on any atom is 0.349 e. The Morgan fingerprint density at radius 1 is 1.19 bits per heavy atom. The molecule has 108 valence electrons. The van der Waals surface area contributed by atoms with E-state index in [2.05, 4.69) is 15.0 Å². The fraction of sp³-hybridized carbons (Fsp3) is 0.167. The van der Waals surface area contributed by atoms with E-state index in [0.29, 0.717) is 16.1 Å². The van der Waals surface area contributed by atoms with Crippen molar-refractivity contribution in [3.63, 3.8) is 0 Å². The van der Waals surface area contributed by atoms with Crippen molar-refractivity contribution in [2.75, 3.05) is 6.61 Å². The lowest BCUT2D eigenvalue weighted by molar-refractivity contribution is 0.278. The van der Waals surface area contributed by atoms with E-state index < -0.39 is 11.2 Å². The Balaban J connectivity index is 2.55. The first kappa shape index (κ1) is 14.0. The van der Waals surface area contributed by atoms with Gasteiger partial charge >= 0.3 is 5.69 Å². The fourth-order valence-corrected chi connectivity index (χ4v) is 2.43. The summed E-state index contributed by atoms with van der Waals surface area (Å²) in [4.78, 5) is 33.2. The summed E-state index contributed by atoms with van der Waals surface area (Å²) in [5.74, 6) is 0.0867. The van der Waals surface area contributed by atoms with Gasteiger partial charge in [0, 0.05) is 6.54 Å². The molecule has 0 unspecified atom stereocenters. The normalized spacial score (nSPS) is 11.4. The van der Waals surface area contributed by atoms with Crippen LogP contribution in [0.25, 0.3) is 22.6 Å². The Hall–Kier alpha value is -1.96. The standard InChI is InChI=1S/C12H8Cl2N4O3/c13-5-3-7-8(4-6(5)14)18(1-2-19)10-9(15-7)11(20)17-12(21)16-10/h3-4,19H,1-2H2,(H,17,20,21). The predicted molar refractivity (Wildman–Crippen MR) is 78.1 cm³/mol. The van der Waals surface area contributed by atoms with E-state index in [0.717, 1.165) is 0 Å². The van der Waals surface area contributed by atoms with Crippen LogP contribution in [0.3, 0.4) is 0 Å². The molecule has 2 N–H and O–H groups in total. The molecule has 2 aliphatic heterocycles. The fourth-order valence-electron chi connectivity index (χ4n) is 2.12. The molecular weight excluding hydrogens is 319 g/mol. The van der Waals surface area contributed by atoms with Crippen molar-refractivity contribution < 1.29 is 5.11 Å². The molecule has 0 aromatic heterocycles. The van der Waals surface area contributed by atoms with E-state index in [9.17, 15) is 14.7 Å². The number of fused-ring (bicyclic) bond motifs is 2. The first-order valence-corrected chi connectivity index (χ1v) is 6.67. The van der Waals surface area contributed by atoms with Crippen molar-refractivity contribution in [2.45, 2.75) is 6.54 Å². The summed E-state index contributed by atoms with van der Waals surface area (Å²) < 4.78 is 1.51. The average Bonchev–Trinajstić information content (AvgIpc) is 2.42. The van der Waals surface area contributed by atoms with Gasteiger partial charge in [-0.1, -0.05) is 23.2 Å². The van der Waals surface area contributed by atoms with Crippen LogP contribution in [-0.2, 0) is 6.54 Å². The number of hydrogen-bond acceptors (Lipinski definition) is 5. The molecule has 1 aromatic carbocycles. The second-order valence-electron chi connectivity index (χ2n) is 4.29. The first-order chi connectivity index (χ1) is 10.0. The highest BCUT2D eigenvalue weighted by Crippen LogP contribution is 2.29. The van der Waals surface area contributed by atoms with Crippen LogP contribution in [0.4, 0.5) is 0 Å². The van der Waals surface area contributed by atoms with E-state index in [4.69, 9.17) is 23.2 Å². The lowest BCUT2D eigenvalue weighted by Gasteiger charge is -2.16. The van der Waals surface area contributed by atoms with Crippen molar-refractivity contribution in [3.8, 4) is 11.5 Å². The van der Waals surface area contributed by atoms with Crippen molar-refractivity contribution in [2.24, 2.45) is 0 Å². The van der Waals surface area contributed by atoms with Crippen LogP contribution in [0.15, 0.2) is 21.7 Å². The highest BCUT2D eigenvalue weighted by molar-refractivity contribution is 6.42. The highest BCUT2D eigenvalue weighted by atomic mass is 35.5. The van der Waals surface area contributed by atoms with Crippen LogP contribution >= 0.6 is 23.2 Å². The molecule has 1 aromatic rings. The summed E-state index contributed by atoms with van der Waals surface area (Å²) in [7, 11) is 0. The van der Waals surface area contributed by atoms with Gasteiger partial charge in [-0.15, -0.1) is 0 Å². The number of aromatic amines is 1. The average molecular weight is 327 g/mol. The molecule has 0 saturated carbocycles. The number of hydrogen-bond donors (Lipinski definition) is 2. The molecule has 0 bridgehead atoms. The Bertz CT molecular complexity index is 934. The smallest absolute Gasteiger partial charge is 0.349 e. The lowest BCUT2D eigenvalue weighted by atomic mass is 10.2. The monoisotopic (exact) mass is 326 g/mol. The zero-order chi connectivity index (χ0) is 15.1. The van der Waals surface area contributed by atoms with Crippen LogP contribution < -0.4 is 11.2 Å². The number of H-pyrrole nitrogens is 1. The topological polar surface area (TPSA) is 101 Å². The minimum atomic E-state index is -0.777. The summed E-state index contributed by atoms with van der Waals surface area (Å²) in [5, 5.41) is 9.79. The summed E-state index contributed by atoms with van der Waals surface area (Å²) in [5.41, 5.74) is -0.501. The van der Waals surface area contributed by atoms with Gasteiger partial charge in [-0.25, -0.2) is 9.78 Å². The maximum atomic E-state index is 11.9.